The summed E-state index contributed by atoms with van der Waals surface area (Å²) in [6.07, 6.45) is 2.25. The summed E-state index contributed by atoms with van der Waals surface area (Å²) in [5.41, 5.74) is 6.64. The molecule has 0 bridgehead atoms. The lowest BCUT2D eigenvalue weighted by molar-refractivity contribution is -0.132. The van der Waals surface area contributed by atoms with Gasteiger partial charge >= 0.3 is 0 Å². The molecule has 0 atom stereocenters. The molecule has 20 heavy (non-hydrogen) atoms. The predicted octanol–water partition coefficient (Wildman–Crippen LogP) is 0.739. The minimum absolute atomic E-state index is 0.175. The van der Waals surface area contributed by atoms with Crippen LogP contribution in [0.25, 0.3) is 0 Å². The Labute approximate surface area is 119 Å². The van der Waals surface area contributed by atoms with Gasteiger partial charge in [-0.15, -0.1) is 0 Å². The molecule has 0 spiro atoms. The molecule has 6 nitrogen and oxygen atoms in total. The van der Waals surface area contributed by atoms with Crippen LogP contribution in [0.5, 0.6) is 0 Å². The Morgan fingerprint density at radius 1 is 1.35 bits per heavy atom. The molecule has 0 aliphatic carbocycles. The molecule has 0 radical (unpaired) electrons. The van der Waals surface area contributed by atoms with Crippen LogP contribution in [0, 0.1) is 0 Å². The van der Waals surface area contributed by atoms with E-state index in [-0.39, 0.29) is 5.91 Å². The zero-order chi connectivity index (χ0) is 14.4. The van der Waals surface area contributed by atoms with Gasteiger partial charge in [0.25, 0.3) is 0 Å². The van der Waals surface area contributed by atoms with Crippen LogP contribution in [0.3, 0.4) is 0 Å². The minimum atomic E-state index is 0.175. The fourth-order valence-electron chi connectivity index (χ4n) is 2.26. The molecule has 0 aromatic carbocycles. The second-order valence-electron chi connectivity index (χ2n) is 4.76. The first-order valence-corrected chi connectivity index (χ1v) is 7.02. The second kappa shape index (κ2) is 7.09. The van der Waals surface area contributed by atoms with Crippen molar-refractivity contribution in [3.05, 3.63) is 18.3 Å². The van der Waals surface area contributed by atoms with E-state index < -0.39 is 0 Å². The molecule has 0 unspecified atom stereocenters. The lowest BCUT2D eigenvalue weighted by Gasteiger charge is -2.36. The van der Waals surface area contributed by atoms with Crippen molar-refractivity contribution >= 4 is 17.4 Å². The molecule has 1 fully saturated rings. The number of aromatic nitrogens is 1. The van der Waals surface area contributed by atoms with Gasteiger partial charge in [0.2, 0.25) is 5.91 Å². The standard InChI is InChI=1S/C14H22N4O2/c1-2-20-10-5-14(19)18-8-6-17(7-9-18)12-3-4-13(15)16-11-12/h3-4,11H,2,5-10H2,1H3,(H2,15,16). The summed E-state index contributed by atoms with van der Waals surface area (Å²) in [6, 6.07) is 3.77. The quantitative estimate of drug-likeness (QED) is 0.804. The van der Waals surface area contributed by atoms with E-state index in [9.17, 15) is 4.79 Å². The largest absolute Gasteiger partial charge is 0.384 e. The highest BCUT2D eigenvalue weighted by Gasteiger charge is 2.21. The zero-order valence-corrected chi connectivity index (χ0v) is 11.9. The van der Waals surface area contributed by atoms with Gasteiger partial charge in [-0.1, -0.05) is 0 Å². The zero-order valence-electron chi connectivity index (χ0n) is 11.9. The molecule has 1 aromatic rings. The Morgan fingerprint density at radius 2 is 2.10 bits per heavy atom. The SMILES string of the molecule is CCOCCC(=O)N1CCN(c2ccc(N)nc2)CC1. The van der Waals surface area contributed by atoms with Crippen LogP contribution in [0.1, 0.15) is 13.3 Å². The normalized spacial score (nSPS) is 15.4. The smallest absolute Gasteiger partial charge is 0.225 e. The van der Waals surface area contributed by atoms with Gasteiger partial charge in [-0.25, -0.2) is 4.98 Å². The molecule has 2 heterocycles. The Bertz CT molecular complexity index is 427. The number of rotatable bonds is 5. The second-order valence-corrected chi connectivity index (χ2v) is 4.76. The van der Waals surface area contributed by atoms with Gasteiger partial charge < -0.3 is 20.3 Å². The van der Waals surface area contributed by atoms with Gasteiger partial charge in [-0.2, -0.15) is 0 Å². The fraction of sp³-hybridized carbons (Fsp3) is 0.571. The van der Waals surface area contributed by atoms with E-state index in [1.54, 1.807) is 12.3 Å². The summed E-state index contributed by atoms with van der Waals surface area (Å²) >= 11 is 0. The van der Waals surface area contributed by atoms with E-state index in [1.807, 2.05) is 17.9 Å². The predicted molar refractivity (Wildman–Crippen MR) is 78.6 cm³/mol. The van der Waals surface area contributed by atoms with E-state index in [2.05, 4.69) is 9.88 Å². The van der Waals surface area contributed by atoms with E-state index in [1.165, 1.54) is 0 Å². The van der Waals surface area contributed by atoms with Crippen molar-refractivity contribution in [2.75, 3.05) is 50.0 Å². The lowest BCUT2D eigenvalue weighted by atomic mass is 10.2. The maximum Gasteiger partial charge on any atom is 0.225 e. The maximum atomic E-state index is 12.0. The molecule has 1 aliphatic rings. The fourth-order valence-corrected chi connectivity index (χ4v) is 2.26. The highest BCUT2D eigenvalue weighted by Crippen LogP contribution is 2.16. The van der Waals surface area contributed by atoms with Crippen LogP contribution < -0.4 is 10.6 Å². The van der Waals surface area contributed by atoms with Crippen molar-refractivity contribution in [2.45, 2.75) is 13.3 Å². The molecule has 6 heteroatoms. The summed E-state index contributed by atoms with van der Waals surface area (Å²) in [4.78, 5) is 20.2. The number of pyridine rings is 1. The average Bonchev–Trinajstić information content (AvgIpc) is 2.48. The number of hydrogen-bond acceptors (Lipinski definition) is 5. The molecule has 110 valence electrons. The van der Waals surface area contributed by atoms with E-state index in [0.717, 1.165) is 31.9 Å². The topological polar surface area (TPSA) is 71.7 Å². The lowest BCUT2D eigenvalue weighted by Crippen LogP contribution is -2.49. The first-order chi connectivity index (χ1) is 9.70. The highest BCUT2D eigenvalue weighted by molar-refractivity contribution is 5.76. The van der Waals surface area contributed by atoms with Crippen LogP contribution in [0.2, 0.25) is 0 Å². The van der Waals surface area contributed by atoms with E-state index in [4.69, 9.17) is 10.5 Å². The van der Waals surface area contributed by atoms with Crippen LogP contribution in [-0.2, 0) is 9.53 Å². The Kier molecular flexibility index (Phi) is 5.17. The molecular formula is C14H22N4O2. The average molecular weight is 278 g/mol. The van der Waals surface area contributed by atoms with Gasteiger partial charge in [-0.3, -0.25) is 4.79 Å². The number of hydrogen-bond donors (Lipinski definition) is 1. The first-order valence-electron chi connectivity index (χ1n) is 7.02. The summed E-state index contributed by atoms with van der Waals surface area (Å²) < 4.78 is 5.22. The molecule has 1 amide bonds. The van der Waals surface area contributed by atoms with Crippen LogP contribution >= 0.6 is 0 Å². The number of anilines is 2. The van der Waals surface area contributed by atoms with Crippen molar-refractivity contribution in [3.63, 3.8) is 0 Å². The molecule has 2 rings (SSSR count). The summed E-state index contributed by atoms with van der Waals surface area (Å²) in [6.45, 7) is 6.25. The van der Waals surface area contributed by atoms with Crippen LogP contribution in [-0.4, -0.2) is 55.2 Å². The Balaban J connectivity index is 1.80. The molecule has 1 aromatic heterocycles. The van der Waals surface area contributed by atoms with E-state index >= 15 is 0 Å². The van der Waals surface area contributed by atoms with Crippen molar-refractivity contribution in [1.82, 2.24) is 9.88 Å². The summed E-state index contributed by atoms with van der Waals surface area (Å²) in [5, 5.41) is 0. The molecular weight excluding hydrogens is 256 g/mol. The minimum Gasteiger partial charge on any atom is -0.384 e. The van der Waals surface area contributed by atoms with Crippen molar-refractivity contribution < 1.29 is 9.53 Å². The van der Waals surface area contributed by atoms with Gasteiger partial charge in [0.15, 0.2) is 0 Å². The molecule has 1 saturated heterocycles. The summed E-state index contributed by atoms with van der Waals surface area (Å²) in [7, 11) is 0. The van der Waals surface area contributed by atoms with Crippen LogP contribution in [0.15, 0.2) is 18.3 Å². The van der Waals surface area contributed by atoms with Gasteiger partial charge in [-0.05, 0) is 19.1 Å². The number of piperazine rings is 1. The van der Waals surface area contributed by atoms with Crippen LogP contribution in [0.4, 0.5) is 11.5 Å². The first kappa shape index (κ1) is 14.6. The third-order valence-electron chi connectivity index (χ3n) is 3.43. The van der Waals surface area contributed by atoms with Crippen molar-refractivity contribution in [2.24, 2.45) is 0 Å². The van der Waals surface area contributed by atoms with Crippen molar-refractivity contribution in [3.8, 4) is 0 Å². The summed E-state index contributed by atoms with van der Waals surface area (Å²) in [5.74, 6) is 0.701. The number of ether oxygens (including phenoxy) is 1. The number of nitrogens with zero attached hydrogens (tertiary/aromatic N) is 3. The van der Waals surface area contributed by atoms with E-state index in [0.29, 0.717) is 25.5 Å². The van der Waals surface area contributed by atoms with Crippen molar-refractivity contribution in [1.29, 1.82) is 0 Å². The number of nitrogens with two attached hydrogens (primary N) is 1. The number of amides is 1. The monoisotopic (exact) mass is 278 g/mol. The number of carbonyl (C=O) groups is 1. The molecule has 1 aliphatic heterocycles. The molecule has 2 N–H and O–H groups in total. The van der Waals surface area contributed by atoms with Gasteiger partial charge in [0, 0.05) is 32.8 Å². The van der Waals surface area contributed by atoms with Gasteiger partial charge in [0.1, 0.15) is 5.82 Å². The number of nitrogen functional groups attached to an aromatic ring is 1. The van der Waals surface area contributed by atoms with Gasteiger partial charge in [0.05, 0.1) is 24.9 Å². The third kappa shape index (κ3) is 3.84. The highest BCUT2D eigenvalue weighted by atomic mass is 16.5. The molecule has 0 saturated carbocycles. The maximum absolute atomic E-state index is 12.0. The number of carbonyl (C=O) groups excluding carboxylic acids is 1. The Morgan fingerprint density at radius 3 is 2.70 bits per heavy atom. The third-order valence-corrected chi connectivity index (χ3v) is 3.43. The Hall–Kier alpha value is -1.82.